The number of halogens is 1. The molecule has 0 N–H and O–H groups in total. The maximum absolute atomic E-state index is 12.8. The first-order valence-electron chi connectivity index (χ1n) is 6.89. The third kappa shape index (κ3) is 2.86. The van der Waals surface area contributed by atoms with E-state index in [1.807, 2.05) is 18.0 Å². The van der Waals surface area contributed by atoms with Crippen LogP contribution in [0.4, 0.5) is 0 Å². The quantitative estimate of drug-likeness (QED) is 0.776. The minimum Gasteiger partial charge on any atom is -0.339 e. The van der Waals surface area contributed by atoms with Gasteiger partial charge in [-0.1, -0.05) is 40.2 Å². The summed E-state index contributed by atoms with van der Waals surface area (Å²) in [5, 5.41) is 0.788. The van der Waals surface area contributed by atoms with Gasteiger partial charge in [0.2, 0.25) is 5.91 Å². The zero-order valence-corrected chi connectivity index (χ0v) is 13.5. The lowest BCUT2D eigenvalue weighted by Gasteiger charge is -2.38. The van der Waals surface area contributed by atoms with Crippen molar-refractivity contribution in [3.63, 3.8) is 0 Å². The van der Waals surface area contributed by atoms with Gasteiger partial charge >= 0.3 is 0 Å². The number of fused-ring (bicyclic) bond motifs is 1. The van der Waals surface area contributed by atoms with Crippen LogP contribution in [0.15, 0.2) is 24.3 Å². The molecule has 0 aromatic heterocycles. The molecule has 1 aliphatic rings. The van der Waals surface area contributed by atoms with Crippen LogP contribution in [-0.2, 0) is 11.2 Å². The summed E-state index contributed by atoms with van der Waals surface area (Å²) in [4.78, 5) is 14.7. The lowest BCUT2D eigenvalue weighted by Crippen LogP contribution is -2.48. The van der Waals surface area contributed by atoms with E-state index in [1.54, 1.807) is 0 Å². The van der Waals surface area contributed by atoms with Gasteiger partial charge in [0.05, 0.1) is 5.92 Å². The number of alkyl halides is 1. The number of carbonyl (C=O) groups is 1. The first-order chi connectivity index (χ1) is 8.97. The monoisotopic (exact) mass is 323 g/mol. The van der Waals surface area contributed by atoms with Gasteiger partial charge in [-0.25, -0.2) is 0 Å². The van der Waals surface area contributed by atoms with E-state index in [4.69, 9.17) is 0 Å². The normalized spacial score (nSPS) is 18.8. The summed E-state index contributed by atoms with van der Waals surface area (Å²) in [6, 6.07) is 8.38. The van der Waals surface area contributed by atoms with Gasteiger partial charge in [0.15, 0.2) is 0 Å². The van der Waals surface area contributed by atoms with E-state index >= 15 is 0 Å². The van der Waals surface area contributed by atoms with Crippen molar-refractivity contribution >= 4 is 21.8 Å². The number of likely N-dealkylation sites (N-methyl/N-ethyl adjacent to an activating group) is 1. The third-order valence-corrected chi connectivity index (χ3v) is 5.61. The SMILES string of the molecule is CN(C(=O)C1CCCc2ccccc21)C(C)(C)CBr. The number of nitrogens with zero attached hydrogens (tertiary/aromatic N) is 1. The molecule has 0 fully saturated rings. The number of carbonyl (C=O) groups excluding carboxylic acids is 1. The Hall–Kier alpha value is -0.830. The summed E-state index contributed by atoms with van der Waals surface area (Å²) in [6.07, 6.45) is 3.18. The molecule has 1 aromatic rings. The second-order valence-electron chi connectivity index (χ2n) is 5.99. The average Bonchev–Trinajstić information content (AvgIpc) is 2.45. The van der Waals surface area contributed by atoms with Crippen molar-refractivity contribution in [2.45, 2.75) is 44.6 Å². The maximum atomic E-state index is 12.8. The Morgan fingerprint density at radius 3 is 2.79 bits per heavy atom. The molecular weight excluding hydrogens is 302 g/mol. The highest BCUT2D eigenvalue weighted by Gasteiger charge is 2.34. The van der Waals surface area contributed by atoms with E-state index in [9.17, 15) is 4.79 Å². The standard InChI is InChI=1S/C16H22BrNO/c1-16(2,11-17)18(3)15(19)14-10-6-8-12-7-4-5-9-13(12)14/h4-5,7,9,14H,6,8,10-11H2,1-3H3. The van der Waals surface area contributed by atoms with Crippen molar-refractivity contribution in [1.82, 2.24) is 4.90 Å². The average molecular weight is 324 g/mol. The fourth-order valence-corrected chi connectivity index (χ4v) is 3.01. The van der Waals surface area contributed by atoms with Gasteiger partial charge in [-0.05, 0) is 44.2 Å². The van der Waals surface area contributed by atoms with Gasteiger partial charge in [0.1, 0.15) is 0 Å². The topological polar surface area (TPSA) is 20.3 Å². The molecule has 104 valence electrons. The van der Waals surface area contributed by atoms with Crippen molar-refractivity contribution < 1.29 is 4.79 Å². The van der Waals surface area contributed by atoms with E-state index in [0.717, 1.165) is 24.6 Å². The zero-order chi connectivity index (χ0) is 14.0. The van der Waals surface area contributed by atoms with E-state index in [2.05, 4.69) is 48.0 Å². The molecule has 1 aliphatic carbocycles. The third-order valence-electron chi connectivity index (χ3n) is 4.23. The van der Waals surface area contributed by atoms with Crippen molar-refractivity contribution in [1.29, 1.82) is 0 Å². The van der Waals surface area contributed by atoms with Crippen molar-refractivity contribution in [2.75, 3.05) is 12.4 Å². The molecule has 1 amide bonds. The lowest BCUT2D eigenvalue weighted by atomic mass is 9.81. The molecule has 0 bridgehead atoms. The highest BCUT2D eigenvalue weighted by atomic mass is 79.9. The Kier molecular flexibility index (Phi) is 4.34. The van der Waals surface area contributed by atoms with Crippen LogP contribution in [0.1, 0.15) is 43.7 Å². The number of benzene rings is 1. The Balaban J connectivity index is 2.26. The molecule has 0 saturated carbocycles. The summed E-state index contributed by atoms with van der Waals surface area (Å²) in [5.41, 5.74) is 2.43. The van der Waals surface area contributed by atoms with E-state index in [0.29, 0.717) is 0 Å². The number of hydrogen-bond acceptors (Lipinski definition) is 1. The van der Waals surface area contributed by atoms with Gasteiger partial charge in [-0.3, -0.25) is 4.79 Å². The molecule has 0 spiro atoms. The van der Waals surface area contributed by atoms with Crippen molar-refractivity contribution in [3.8, 4) is 0 Å². The van der Waals surface area contributed by atoms with E-state index in [-0.39, 0.29) is 17.4 Å². The first-order valence-corrected chi connectivity index (χ1v) is 8.01. The summed E-state index contributed by atoms with van der Waals surface area (Å²) in [5.74, 6) is 0.282. The predicted octanol–water partition coefficient (Wildman–Crippen LogP) is 3.74. The van der Waals surface area contributed by atoms with E-state index in [1.165, 1.54) is 11.1 Å². The summed E-state index contributed by atoms with van der Waals surface area (Å²) in [7, 11) is 1.92. The summed E-state index contributed by atoms with van der Waals surface area (Å²) >= 11 is 3.50. The van der Waals surface area contributed by atoms with Crippen LogP contribution in [0.25, 0.3) is 0 Å². The fraction of sp³-hybridized carbons (Fsp3) is 0.562. The Bertz CT molecular complexity index is 470. The molecule has 3 heteroatoms. The minimum atomic E-state index is -0.149. The second-order valence-corrected chi connectivity index (χ2v) is 6.55. The fourth-order valence-electron chi connectivity index (χ4n) is 2.63. The first kappa shape index (κ1) is 14.6. The molecule has 19 heavy (non-hydrogen) atoms. The largest absolute Gasteiger partial charge is 0.339 e. The number of amides is 1. The molecule has 1 unspecified atom stereocenters. The minimum absolute atomic E-state index is 0.0354. The molecular formula is C16H22BrNO. The Morgan fingerprint density at radius 1 is 1.42 bits per heavy atom. The maximum Gasteiger partial charge on any atom is 0.230 e. The lowest BCUT2D eigenvalue weighted by molar-refractivity contribution is -0.135. The van der Waals surface area contributed by atoms with Crippen LogP contribution < -0.4 is 0 Å². The molecule has 2 nitrogen and oxygen atoms in total. The van der Waals surface area contributed by atoms with Crippen LogP contribution >= 0.6 is 15.9 Å². The highest BCUT2D eigenvalue weighted by molar-refractivity contribution is 9.09. The molecule has 2 rings (SSSR count). The molecule has 0 saturated heterocycles. The highest BCUT2D eigenvalue weighted by Crippen LogP contribution is 2.34. The second kappa shape index (κ2) is 5.66. The van der Waals surface area contributed by atoms with Gasteiger partial charge in [-0.2, -0.15) is 0 Å². The summed E-state index contributed by atoms with van der Waals surface area (Å²) < 4.78 is 0. The number of aryl methyl sites for hydroxylation is 1. The van der Waals surface area contributed by atoms with Crippen LogP contribution in [-0.4, -0.2) is 28.7 Å². The van der Waals surface area contributed by atoms with Crippen molar-refractivity contribution in [2.24, 2.45) is 0 Å². The molecule has 0 heterocycles. The zero-order valence-electron chi connectivity index (χ0n) is 11.9. The molecule has 1 atom stereocenters. The van der Waals surface area contributed by atoms with Crippen LogP contribution in [0.3, 0.4) is 0 Å². The van der Waals surface area contributed by atoms with Crippen molar-refractivity contribution in [3.05, 3.63) is 35.4 Å². The Labute approximate surface area is 124 Å². The van der Waals surface area contributed by atoms with Crippen LogP contribution in [0.5, 0.6) is 0 Å². The number of hydrogen-bond donors (Lipinski definition) is 0. The smallest absolute Gasteiger partial charge is 0.230 e. The van der Waals surface area contributed by atoms with Gasteiger partial charge in [0, 0.05) is 17.9 Å². The van der Waals surface area contributed by atoms with Gasteiger partial charge in [0.25, 0.3) is 0 Å². The van der Waals surface area contributed by atoms with Gasteiger partial charge < -0.3 is 4.90 Å². The molecule has 1 aromatic carbocycles. The predicted molar refractivity (Wildman–Crippen MR) is 82.8 cm³/mol. The van der Waals surface area contributed by atoms with Crippen LogP contribution in [0, 0.1) is 0 Å². The molecule has 0 aliphatic heterocycles. The van der Waals surface area contributed by atoms with E-state index < -0.39 is 0 Å². The summed E-state index contributed by atoms with van der Waals surface area (Å²) in [6.45, 7) is 4.18. The number of rotatable bonds is 3. The Morgan fingerprint density at radius 2 is 2.11 bits per heavy atom. The molecule has 0 radical (unpaired) electrons. The van der Waals surface area contributed by atoms with Crippen LogP contribution in [0.2, 0.25) is 0 Å². The van der Waals surface area contributed by atoms with Gasteiger partial charge in [-0.15, -0.1) is 0 Å².